The van der Waals surface area contributed by atoms with Crippen LogP contribution < -0.4 is 0 Å². The molecule has 3 fully saturated rings. The zero-order valence-electron chi connectivity index (χ0n) is 20.8. The number of allylic oxidation sites excluding steroid dienone is 7. The molecule has 174 valence electrons. The smallest absolute Gasteiger partial charge is 0.220 e. The average molecular weight is 437 g/mol. The van der Waals surface area contributed by atoms with Gasteiger partial charge in [-0.25, -0.2) is 0 Å². The van der Waals surface area contributed by atoms with Crippen LogP contribution >= 0.6 is 0 Å². The Morgan fingerprint density at radius 3 is 2.34 bits per heavy atom. The standard InChI is InChI=1S/C29H40O3/c1-18-19-7-8-22-27(4,20(19)15-21(31)24(18)32)12-14-29(6)23-16-25(2,17-30)9-10-26(23,3)11-13-28(22,29)5/h7-8,15,23,30,32H,9-14,16-17H2,1-6H3/t23-,25-,26-,27+,28-,29+/m1/s1. The zero-order valence-corrected chi connectivity index (χ0v) is 20.8. The highest BCUT2D eigenvalue weighted by Crippen LogP contribution is 2.75. The molecule has 5 aliphatic carbocycles. The lowest BCUT2D eigenvalue weighted by Gasteiger charge is -2.70. The Morgan fingerprint density at radius 1 is 0.969 bits per heavy atom. The molecule has 6 atom stereocenters. The number of aliphatic hydroxyl groups excluding tert-OH is 2. The summed E-state index contributed by atoms with van der Waals surface area (Å²) in [6, 6.07) is 0. The van der Waals surface area contributed by atoms with Crippen LogP contribution in [0.4, 0.5) is 0 Å². The predicted octanol–water partition coefficient (Wildman–Crippen LogP) is 6.61. The molecule has 0 aromatic carbocycles. The van der Waals surface area contributed by atoms with Crippen molar-refractivity contribution in [1.82, 2.24) is 0 Å². The van der Waals surface area contributed by atoms with Gasteiger partial charge < -0.3 is 10.2 Å². The first-order valence-electron chi connectivity index (χ1n) is 12.5. The molecule has 3 heteroatoms. The molecule has 2 N–H and O–H groups in total. The van der Waals surface area contributed by atoms with Gasteiger partial charge in [-0.3, -0.25) is 4.79 Å². The van der Waals surface area contributed by atoms with Crippen molar-refractivity contribution in [3.63, 3.8) is 0 Å². The molecule has 0 heterocycles. The number of hydrogen-bond acceptors (Lipinski definition) is 3. The van der Waals surface area contributed by atoms with Crippen LogP contribution in [-0.2, 0) is 4.79 Å². The second kappa shape index (κ2) is 6.50. The lowest BCUT2D eigenvalue weighted by atomic mass is 9.34. The second-order valence-electron chi connectivity index (χ2n) is 13.0. The fraction of sp³-hybridized carbons (Fsp3) is 0.690. The average Bonchev–Trinajstić information content (AvgIpc) is 2.76. The van der Waals surface area contributed by atoms with E-state index in [4.69, 9.17) is 0 Å². The summed E-state index contributed by atoms with van der Waals surface area (Å²) in [5, 5.41) is 20.5. The highest BCUT2D eigenvalue weighted by atomic mass is 16.3. The molecule has 0 amide bonds. The molecule has 3 saturated carbocycles. The maximum absolute atomic E-state index is 12.6. The minimum Gasteiger partial charge on any atom is -0.504 e. The maximum Gasteiger partial charge on any atom is 0.220 e. The van der Waals surface area contributed by atoms with Crippen LogP contribution in [0, 0.1) is 33.0 Å². The van der Waals surface area contributed by atoms with Crippen LogP contribution in [0.1, 0.15) is 86.5 Å². The molecular weight excluding hydrogens is 396 g/mol. The van der Waals surface area contributed by atoms with Crippen molar-refractivity contribution in [1.29, 1.82) is 0 Å². The van der Waals surface area contributed by atoms with E-state index in [2.05, 4.69) is 46.8 Å². The Morgan fingerprint density at radius 2 is 1.66 bits per heavy atom. The predicted molar refractivity (Wildman–Crippen MR) is 128 cm³/mol. The first-order chi connectivity index (χ1) is 14.8. The first-order valence-corrected chi connectivity index (χ1v) is 12.5. The number of hydrogen-bond donors (Lipinski definition) is 2. The van der Waals surface area contributed by atoms with Gasteiger partial charge in [0, 0.05) is 17.6 Å². The van der Waals surface area contributed by atoms with Gasteiger partial charge in [0.2, 0.25) is 5.78 Å². The summed E-state index contributed by atoms with van der Waals surface area (Å²) in [4.78, 5) is 12.6. The van der Waals surface area contributed by atoms with E-state index >= 15 is 0 Å². The van der Waals surface area contributed by atoms with E-state index in [0.717, 1.165) is 36.8 Å². The molecule has 0 radical (unpaired) electrons. The summed E-state index contributed by atoms with van der Waals surface area (Å²) in [5.41, 5.74) is 4.76. The highest BCUT2D eigenvalue weighted by Gasteiger charge is 2.66. The minimum absolute atomic E-state index is 0.0257. The van der Waals surface area contributed by atoms with Crippen molar-refractivity contribution >= 4 is 5.78 Å². The third kappa shape index (κ3) is 2.55. The van der Waals surface area contributed by atoms with Gasteiger partial charge in [0.1, 0.15) is 0 Å². The molecule has 0 bridgehead atoms. The molecule has 5 aliphatic rings. The van der Waals surface area contributed by atoms with Crippen molar-refractivity contribution < 1.29 is 15.0 Å². The van der Waals surface area contributed by atoms with Gasteiger partial charge >= 0.3 is 0 Å². The van der Waals surface area contributed by atoms with E-state index < -0.39 is 0 Å². The molecule has 32 heavy (non-hydrogen) atoms. The van der Waals surface area contributed by atoms with Gasteiger partial charge in [-0.05, 0) is 96.7 Å². The summed E-state index contributed by atoms with van der Waals surface area (Å²) in [6.07, 6.45) is 14.2. The van der Waals surface area contributed by atoms with Gasteiger partial charge in [-0.15, -0.1) is 0 Å². The quantitative estimate of drug-likeness (QED) is 0.486. The first kappa shape index (κ1) is 22.2. The fourth-order valence-electron chi connectivity index (χ4n) is 8.67. The summed E-state index contributed by atoms with van der Waals surface area (Å²) in [7, 11) is 0. The Balaban J connectivity index is 1.64. The number of aliphatic hydroxyl groups is 2. The normalized spacial score (nSPS) is 48.0. The van der Waals surface area contributed by atoms with Crippen LogP contribution in [0.3, 0.4) is 0 Å². The summed E-state index contributed by atoms with van der Waals surface area (Å²) in [6.45, 7) is 14.3. The molecular formula is C29H40O3. The van der Waals surface area contributed by atoms with E-state index in [-0.39, 0.29) is 39.8 Å². The topological polar surface area (TPSA) is 57.5 Å². The Bertz CT molecular complexity index is 1030. The van der Waals surface area contributed by atoms with Gasteiger partial charge in [0.05, 0.1) is 0 Å². The Hall–Kier alpha value is -1.61. The third-order valence-corrected chi connectivity index (χ3v) is 11.3. The van der Waals surface area contributed by atoms with Gasteiger partial charge in [0.15, 0.2) is 5.76 Å². The van der Waals surface area contributed by atoms with E-state index in [9.17, 15) is 15.0 Å². The van der Waals surface area contributed by atoms with E-state index in [1.807, 2.05) is 6.92 Å². The number of carbonyl (C=O) groups is 1. The fourth-order valence-corrected chi connectivity index (χ4v) is 8.67. The van der Waals surface area contributed by atoms with Crippen LogP contribution in [0.15, 0.2) is 46.3 Å². The number of carbonyl (C=O) groups excluding carboxylic acids is 1. The van der Waals surface area contributed by atoms with Gasteiger partial charge in [-0.2, -0.15) is 0 Å². The van der Waals surface area contributed by atoms with Crippen LogP contribution in [-0.4, -0.2) is 22.6 Å². The number of fused-ring (bicyclic) bond motifs is 7. The maximum atomic E-state index is 12.6. The largest absolute Gasteiger partial charge is 0.504 e. The van der Waals surface area contributed by atoms with Crippen LogP contribution in [0.25, 0.3) is 0 Å². The molecule has 0 unspecified atom stereocenters. The number of ketones is 1. The molecule has 0 aromatic heterocycles. The lowest BCUT2D eigenvalue weighted by Crippen LogP contribution is -2.61. The SMILES string of the molecule is CC1=C(O)C(=O)C=C2C1=CC=C1[C@@]2(C)CC[C@@]2(C)[C@@H]3C[C@](C)(CO)CC[C@]3(C)CC[C@]12C. The van der Waals surface area contributed by atoms with Gasteiger partial charge in [0.25, 0.3) is 0 Å². The Kier molecular flexibility index (Phi) is 4.51. The van der Waals surface area contributed by atoms with Crippen molar-refractivity contribution in [2.24, 2.45) is 33.0 Å². The van der Waals surface area contributed by atoms with Crippen molar-refractivity contribution in [3.8, 4) is 0 Å². The molecule has 5 rings (SSSR count). The summed E-state index contributed by atoms with van der Waals surface area (Å²) < 4.78 is 0. The lowest BCUT2D eigenvalue weighted by molar-refractivity contribution is -0.165. The third-order valence-electron chi connectivity index (χ3n) is 11.3. The molecule has 0 spiro atoms. The minimum atomic E-state index is -0.252. The van der Waals surface area contributed by atoms with Gasteiger partial charge in [-0.1, -0.05) is 52.3 Å². The van der Waals surface area contributed by atoms with E-state index in [1.165, 1.54) is 24.8 Å². The van der Waals surface area contributed by atoms with Crippen LogP contribution in [0.5, 0.6) is 0 Å². The molecule has 0 aromatic rings. The van der Waals surface area contributed by atoms with Crippen molar-refractivity contribution in [2.75, 3.05) is 6.61 Å². The molecule has 3 nitrogen and oxygen atoms in total. The zero-order chi connectivity index (χ0) is 23.3. The monoisotopic (exact) mass is 436 g/mol. The van der Waals surface area contributed by atoms with E-state index in [1.54, 1.807) is 6.08 Å². The van der Waals surface area contributed by atoms with Crippen molar-refractivity contribution in [3.05, 3.63) is 46.3 Å². The van der Waals surface area contributed by atoms with Crippen molar-refractivity contribution in [2.45, 2.75) is 86.5 Å². The van der Waals surface area contributed by atoms with E-state index in [0.29, 0.717) is 16.9 Å². The summed E-state index contributed by atoms with van der Waals surface area (Å²) in [5.74, 6) is 0.229. The highest BCUT2D eigenvalue weighted by molar-refractivity contribution is 6.06. The molecule has 0 aliphatic heterocycles. The Labute approximate surface area is 193 Å². The van der Waals surface area contributed by atoms with Crippen LogP contribution in [0.2, 0.25) is 0 Å². The summed E-state index contributed by atoms with van der Waals surface area (Å²) >= 11 is 0. The molecule has 0 saturated heterocycles. The number of rotatable bonds is 1. The second-order valence-corrected chi connectivity index (χ2v) is 13.0.